The van der Waals surface area contributed by atoms with Gasteiger partial charge in [-0.05, 0) is 37.3 Å². The molecule has 1 saturated heterocycles. The fraction of sp³-hybridized carbons (Fsp3) is 0.350. The number of carbonyl (C=O) groups is 1. The van der Waals surface area contributed by atoms with Crippen molar-refractivity contribution in [2.24, 2.45) is 0 Å². The molecule has 3 aromatic heterocycles. The van der Waals surface area contributed by atoms with E-state index < -0.39 is 0 Å². The average molecular weight is 433 g/mol. The van der Waals surface area contributed by atoms with Crippen LogP contribution in [0.3, 0.4) is 0 Å². The molecule has 152 valence electrons. The molecule has 0 radical (unpaired) electrons. The van der Waals surface area contributed by atoms with Gasteiger partial charge in [-0.2, -0.15) is 5.10 Å². The number of pyridine rings is 1. The van der Waals surface area contributed by atoms with E-state index in [1.165, 1.54) is 11.3 Å². The van der Waals surface area contributed by atoms with Crippen LogP contribution in [-0.2, 0) is 16.1 Å². The van der Waals surface area contributed by atoms with Crippen molar-refractivity contribution in [3.63, 3.8) is 0 Å². The first-order chi connectivity index (χ1) is 14.1. The lowest BCUT2D eigenvalue weighted by molar-refractivity contribution is -0.140. The first-order valence-electron chi connectivity index (χ1n) is 9.31. The SMILES string of the molecule is Cc1ccc(OCC2CN(C(=O)Cn3ccc(-c4ccc(Cl)s4)n3)CCO2)cn1. The Bertz CT molecular complexity index is 972. The van der Waals surface area contributed by atoms with Crippen LogP contribution < -0.4 is 4.74 Å². The molecule has 1 aliphatic heterocycles. The van der Waals surface area contributed by atoms with Crippen LogP contribution in [0.1, 0.15) is 5.69 Å². The summed E-state index contributed by atoms with van der Waals surface area (Å²) in [5, 5.41) is 4.49. The second-order valence-electron chi connectivity index (χ2n) is 6.78. The van der Waals surface area contributed by atoms with E-state index in [1.807, 2.05) is 43.5 Å². The van der Waals surface area contributed by atoms with Gasteiger partial charge >= 0.3 is 0 Å². The van der Waals surface area contributed by atoms with Crippen LogP contribution in [-0.4, -0.2) is 58.0 Å². The summed E-state index contributed by atoms with van der Waals surface area (Å²) in [5.41, 5.74) is 1.75. The van der Waals surface area contributed by atoms with Crippen molar-refractivity contribution >= 4 is 28.8 Å². The van der Waals surface area contributed by atoms with E-state index in [0.29, 0.717) is 36.4 Å². The molecule has 0 N–H and O–H groups in total. The van der Waals surface area contributed by atoms with Crippen LogP contribution in [0, 0.1) is 6.92 Å². The fourth-order valence-corrected chi connectivity index (χ4v) is 4.06. The maximum Gasteiger partial charge on any atom is 0.244 e. The highest BCUT2D eigenvalue weighted by Crippen LogP contribution is 2.29. The molecular formula is C20H21ClN4O3S. The van der Waals surface area contributed by atoms with Crippen LogP contribution >= 0.6 is 22.9 Å². The number of amides is 1. The molecule has 4 rings (SSSR count). The monoisotopic (exact) mass is 432 g/mol. The molecule has 1 fully saturated rings. The molecule has 0 aliphatic carbocycles. The molecule has 0 aromatic carbocycles. The number of carbonyl (C=O) groups excluding carboxylic acids is 1. The molecule has 1 atom stereocenters. The highest BCUT2D eigenvalue weighted by molar-refractivity contribution is 7.19. The third-order valence-corrected chi connectivity index (χ3v) is 5.83. The van der Waals surface area contributed by atoms with E-state index in [-0.39, 0.29) is 18.6 Å². The van der Waals surface area contributed by atoms with Crippen LogP contribution in [0.25, 0.3) is 10.6 Å². The Morgan fingerprint density at radius 3 is 3.00 bits per heavy atom. The molecule has 4 heterocycles. The predicted octanol–water partition coefficient (Wildman–Crippen LogP) is 3.27. The topological polar surface area (TPSA) is 69.5 Å². The third kappa shape index (κ3) is 5.14. The van der Waals surface area contributed by atoms with E-state index in [9.17, 15) is 4.79 Å². The summed E-state index contributed by atoms with van der Waals surface area (Å²) in [5.74, 6) is 0.703. The van der Waals surface area contributed by atoms with Crippen molar-refractivity contribution in [2.75, 3.05) is 26.3 Å². The van der Waals surface area contributed by atoms with Crippen molar-refractivity contribution < 1.29 is 14.3 Å². The number of morpholine rings is 1. The molecule has 9 heteroatoms. The van der Waals surface area contributed by atoms with Crippen molar-refractivity contribution in [1.29, 1.82) is 0 Å². The summed E-state index contributed by atoms with van der Waals surface area (Å²) in [6.07, 6.45) is 3.33. The lowest BCUT2D eigenvalue weighted by Gasteiger charge is -2.32. The number of ether oxygens (including phenoxy) is 2. The number of halogens is 1. The summed E-state index contributed by atoms with van der Waals surface area (Å²) in [4.78, 5) is 19.7. The van der Waals surface area contributed by atoms with Crippen molar-refractivity contribution in [3.05, 3.63) is 52.8 Å². The lowest BCUT2D eigenvalue weighted by atomic mass is 10.2. The third-order valence-electron chi connectivity index (χ3n) is 4.58. The van der Waals surface area contributed by atoms with Crippen LogP contribution in [0.15, 0.2) is 42.7 Å². The molecular weight excluding hydrogens is 412 g/mol. The molecule has 0 bridgehead atoms. The van der Waals surface area contributed by atoms with E-state index in [0.717, 1.165) is 16.3 Å². The second kappa shape index (κ2) is 8.94. The standard InChI is InChI=1S/C20H21ClN4O3S/c1-14-2-3-15(10-22-14)28-13-16-11-24(8-9-27-16)20(26)12-25-7-6-17(23-25)18-4-5-19(21)29-18/h2-7,10,16H,8-9,11-13H2,1H3. The maximum atomic E-state index is 12.7. The molecule has 1 unspecified atom stereocenters. The summed E-state index contributed by atoms with van der Waals surface area (Å²) in [6.45, 7) is 4.04. The number of hydrogen-bond acceptors (Lipinski definition) is 6. The van der Waals surface area contributed by atoms with Gasteiger partial charge in [-0.15, -0.1) is 11.3 Å². The Morgan fingerprint density at radius 1 is 1.34 bits per heavy atom. The Morgan fingerprint density at radius 2 is 2.24 bits per heavy atom. The normalized spacial score (nSPS) is 16.8. The number of rotatable bonds is 6. The Kier molecular flexibility index (Phi) is 6.13. The number of thiophene rings is 1. The largest absolute Gasteiger partial charge is 0.489 e. The zero-order valence-corrected chi connectivity index (χ0v) is 17.5. The van der Waals surface area contributed by atoms with Gasteiger partial charge < -0.3 is 14.4 Å². The lowest BCUT2D eigenvalue weighted by Crippen LogP contribution is -2.48. The highest BCUT2D eigenvalue weighted by atomic mass is 35.5. The summed E-state index contributed by atoms with van der Waals surface area (Å²) < 4.78 is 13.9. The minimum absolute atomic E-state index is 0.00849. The molecule has 1 amide bonds. The molecule has 0 spiro atoms. The van der Waals surface area contributed by atoms with E-state index >= 15 is 0 Å². The average Bonchev–Trinajstić information content (AvgIpc) is 3.36. The van der Waals surface area contributed by atoms with Crippen LogP contribution in [0.4, 0.5) is 0 Å². The van der Waals surface area contributed by atoms with Gasteiger partial charge in [-0.1, -0.05) is 11.6 Å². The number of aromatic nitrogens is 3. The van der Waals surface area contributed by atoms with Gasteiger partial charge in [-0.25, -0.2) is 0 Å². The fourth-order valence-electron chi connectivity index (χ4n) is 3.05. The van der Waals surface area contributed by atoms with Crippen molar-refractivity contribution in [1.82, 2.24) is 19.7 Å². The number of nitrogens with zero attached hydrogens (tertiary/aromatic N) is 4. The summed E-state index contributed by atoms with van der Waals surface area (Å²) in [6, 6.07) is 9.44. The second-order valence-corrected chi connectivity index (χ2v) is 8.50. The maximum absolute atomic E-state index is 12.7. The van der Waals surface area contributed by atoms with E-state index in [1.54, 1.807) is 15.8 Å². The quantitative estimate of drug-likeness (QED) is 0.598. The zero-order valence-electron chi connectivity index (χ0n) is 16.0. The van der Waals surface area contributed by atoms with E-state index in [2.05, 4.69) is 10.1 Å². The van der Waals surface area contributed by atoms with Crippen LogP contribution in [0.5, 0.6) is 5.75 Å². The smallest absolute Gasteiger partial charge is 0.244 e. The van der Waals surface area contributed by atoms with E-state index in [4.69, 9.17) is 21.1 Å². The van der Waals surface area contributed by atoms with Gasteiger partial charge in [0, 0.05) is 18.4 Å². The molecule has 29 heavy (non-hydrogen) atoms. The number of hydrogen-bond donors (Lipinski definition) is 0. The summed E-state index contributed by atoms with van der Waals surface area (Å²) in [7, 11) is 0. The predicted molar refractivity (Wildman–Crippen MR) is 111 cm³/mol. The first-order valence-corrected chi connectivity index (χ1v) is 10.5. The van der Waals surface area contributed by atoms with Gasteiger partial charge in [0.05, 0.1) is 28.6 Å². The minimum Gasteiger partial charge on any atom is -0.489 e. The molecule has 1 aliphatic rings. The van der Waals surface area contributed by atoms with Gasteiger partial charge in [-0.3, -0.25) is 14.5 Å². The highest BCUT2D eigenvalue weighted by Gasteiger charge is 2.25. The molecule has 0 saturated carbocycles. The van der Waals surface area contributed by atoms with Gasteiger partial charge in [0.2, 0.25) is 5.91 Å². The van der Waals surface area contributed by atoms with Gasteiger partial charge in [0.15, 0.2) is 0 Å². The first kappa shape index (κ1) is 19.9. The van der Waals surface area contributed by atoms with Crippen molar-refractivity contribution in [3.8, 4) is 16.3 Å². The molecule has 3 aromatic rings. The zero-order chi connectivity index (χ0) is 20.2. The summed E-state index contributed by atoms with van der Waals surface area (Å²) >= 11 is 7.45. The minimum atomic E-state index is -0.171. The Labute approximate surface area is 177 Å². The Hall–Kier alpha value is -2.42. The van der Waals surface area contributed by atoms with Gasteiger partial charge in [0.1, 0.15) is 30.7 Å². The van der Waals surface area contributed by atoms with Crippen molar-refractivity contribution in [2.45, 2.75) is 19.6 Å². The van der Waals surface area contributed by atoms with Crippen LogP contribution in [0.2, 0.25) is 4.34 Å². The van der Waals surface area contributed by atoms with Gasteiger partial charge in [0.25, 0.3) is 0 Å². The Balaban J connectivity index is 1.30. The molecule has 7 nitrogen and oxygen atoms in total. The number of aryl methyl sites for hydroxylation is 1.